The molecule has 1 unspecified atom stereocenters. The van der Waals surface area contributed by atoms with E-state index in [1.807, 2.05) is 54.6 Å². The van der Waals surface area contributed by atoms with Crippen LogP contribution < -0.4 is 9.64 Å². The number of aliphatic hydroxyl groups is 1. The Balaban J connectivity index is 1.91. The first-order valence-corrected chi connectivity index (χ1v) is 10.1. The zero-order valence-electron chi connectivity index (χ0n) is 17.4. The average molecular weight is 413 g/mol. The molecule has 3 aromatic carbocycles. The van der Waals surface area contributed by atoms with Gasteiger partial charge in [-0.15, -0.1) is 0 Å². The van der Waals surface area contributed by atoms with Gasteiger partial charge in [-0.2, -0.15) is 0 Å². The normalized spacial score (nSPS) is 17.7. The summed E-state index contributed by atoms with van der Waals surface area (Å²) in [6, 6.07) is 22.9. The molecule has 1 atom stereocenters. The Morgan fingerprint density at radius 3 is 2.32 bits per heavy atom. The van der Waals surface area contributed by atoms with E-state index in [2.05, 4.69) is 6.92 Å². The highest BCUT2D eigenvalue weighted by Crippen LogP contribution is 2.42. The lowest BCUT2D eigenvalue weighted by molar-refractivity contribution is -0.132. The maximum Gasteiger partial charge on any atom is 0.300 e. The number of ether oxygens (including phenoxy) is 1. The summed E-state index contributed by atoms with van der Waals surface area (Å²) in [5, 5.41) is 11.1. The van der Waals surface area contributed by atoms with E-state index in [4.69, 9.17) is 4.74 Å². The fourth-order valence-corrected chi connectivity index (χ4v) is 3.87. The van der Waals surface area contributed by atoms with Crippen LogP contribution in [0.1, 0.15) is 29.7 Å². The number of amides is 1. The number of benzene rings is 3. The van der Waals surface area contributed by atoms with Gasteiger partial charge in [-0.3, -0.25) is 14.5 Å². The average Bonchev–Trinajstić information content (AvgIpc) is 3.09. The molecule has 0 aromatic heterocycles. The Bertz CT molecular complexity index is 1150. The van der Waals surface area contributed by atoms with Gasteiger partial charge in [0.25, 0.3) is 11.7 Å². The van der Waals surface area contributed by atoms with Gasteiger partial charge in [0.15, 0.2) is 0 Å². The zero-order valence-corrected chi connectivity index (χ0v) is 17.4. The smallest absolute Gasteiger partial charge is 0.300 e. The molecule has 1 heterocycles. The van der Waals surface area contributed by atoms with Crippen LogP contribution >= 0.6 is 0 Å². The van der Waals surface area contributed by atoms with E-state index in [0.717, 1.165) is 17.5 Å². The van der Waals surface area contributed by atoms with Gasteiger partial charge < -0.3 is 9.84 Å². The third-order valence-electron chi connectivity index (χ3n) is 5.53. The number of hydrogen-bond donors (Lipinski definition) is 1. The molecular formula is C26H23NO4. The SMILES string of the molecule is CCc1ccc(N2C(=O)C(=O)/C(=C(\O)c3cccc(OC)c3)C2c2ccccc2)cc1. The molecule has 0 radical (unpaired) electrons. The fraction of sp³-hybridized carbons (Fsp3) is 0.154. The molecule has 31 heavy (non-hydrogen) atoms. The maximum absolute atomic E-state index is 13.1. The van der Waals surface area contributed by atoms with Gasteiger partial charge >= 0.3 is 0 Å². The van der Waals surface area contributed by atoms with Gasteiger partial charge in [0.1, 0.15) is 11.5 Å². The molecule has 1 amide bonds. The van der Waals surface area contributed by atoms with Crippen LogP contribution in [0.2, 0.25) is 0 Å². The number of carbonyl (C=O) groups excluding carboxylic acids is 2. The molecule has 1 aliphatic rings. The van der Waals surface area contributed by atoms with Gasteiger partial charge in [-0.25, -0.2) is 0 Å². The predicted octanol–water partition coefficient (Wildman–Crippen LogP) is 4.88. The summed E-state index contributed by atoms with van der Waals surface area (Å²) in [6.07, 6.45) is 0.872. The number of aryl methyl sites for hydroxylation is 1. The van der Waals surface area contributed by atoms with E-state index >= 15 is 0 Å². The number of nitrogens with zero attached hydrogens (tertiary/aromatic N) is 1. The summed E-state index contributed by atoms with van der Waals surface area (Å²) < 4.78 is 5.24. The zero-order chi connectivity index (χ0) is 22.0. The molecule has 1 fully saturated rings. The van der Waals surface area contributed by atoms with Crippen molar-refractivity contribution in [3.8, 4) is 5.75 Å². The molecule has 0 bridgehead atoms. The van der Waals surface area contributed by atoms with E-state index in [0.29, 0.717) is 17.0 Å². The molecule has 0 spiro atoms. The van der Waals surface area contributed by atoms with Crippen molar-refractivity contribution in [2.24, 2.45) is 0 Å². The molecule has 3 aromatic rings. The standard InChI is InChI=1S/C26H23NO4/c1-3-17-12-14-20(15-13-17)27-23(18-8-5-4-6-9-18)22(25(29)26(27)30)24(28)19-10-7-11-21(16-19)31-2/h4-16,23,28H,3H2,1-2H3/b24-22-. The third-order valence-corrected chi connectivity index (χ3v) is 5.53. The number of carbonyl (C=O) groups is 2. The van der Waals surface area contributed by atoms with Crippen molar-refractivity contribution in [2.45, 2.75) is 19.4 Å². The quantitative estimate of drug-likeness (QED) is 0.368. The molecule has 4 rings (SSSR count). The molecule has 5 heteroatoms. The van der Waals surface area contributed by atoms with Crippen LogP contribution in [-0.4, -0.2) is 23.9 Å². The van der Waals surface area contributed by atoms with Crippen molar-refractivity contribution >= 4 is 23.1 Å². The van der Waals surface area contributed by atoms with Crippen molar-refractivity contribution in [3.05, 3.63) is 101 Å². The van der Waals surface area contributed by atoms with E-state index in [9.17, 15) is 14.7 Å². The summed E-state index contributed by atoms with van der Waals surface area (Å²) in [7, 11) is 1.53. The highest BCUT2D eigenvalue weighted by atomic mass is 16.5. The number of anilines is 1. The molecule has 0 aliphatic carbocycles. The van der Waals surface area contributed by atoms with Crippen molar-refractivity contribution in [3.63, 3.8) is 0 Å². The van der Waals surface area contributed by atoms with E-state index in [1.54, 1.807) is 24.3 Å². The number of hydrogen-bond acceptors (Lipinski definition) is 4. The van der Waals surface area contributed by atoms with Crippen LogP contribution in [0.4, 0.5) is 5.69 Å². The van der Waals surface area contributed by atoms with Gasteiger partial charge in [-0.05, 0) is 41.8 Å². The van der Waals surface area contributed by atoms with Gasteiger partial charge in [0, 0.05) is 11.3 Å². The summed E-state index contributed by atoms with van der Waals surface area (Å²) in [4.78, 5) is 27.7. The lowest BCUT2D eigenvalue weighted by Gasteiger charge is -2.25. The lowest BCUT2D eigenvalue weighted by Crippen LogP contribution is -2.29. The van der Waals surface area contributed by atoms with Crippen LogP contribution in [0.5, 0.6) is 5.75 Å². The molecule has 5 nitrogen and oxygen atoms in total. The Labute approximate surface area is 181 Å². The fourth-order valence-electron chi connectivity index (χ4n) is 3.87. The highest BCUT2D eigenvalue weighted by molar-refractivity contribution is 6.51. The predicted molar refractivity (Wildman–Crippen MR) is 120 cm³/mol. The molecule has 1 aliphatic heterocycles. The second kappa shape index (κ2) is 8.48. The van der Waals surface area contributed by atoms with Crippen LogP contribution in [0.15, 0.2) is 84.4 Å². The third kappa shape index (κ3) is 3.70. The summed E-state index contributed by atoms with van der Waals surface area (Å²) in [5.41, 5.74) is 2.96. The van der Waals surface area contributed by atoms with Gasteiger partial charge in [0.2, 0.25) is 0 Å². The molecular weight excluding hydrogens is 390 g/mol. The Kier molecular flexibility index (Phi) is 5.58. The molecule has 156 valence electrons. The van der Waals surface area contributed by atoms with Crippen molar-refractivity contribution in [2.75, 3.05) is 12.0 Å². The van der Waals surface area contributed by atoms with E-state index in [-0.39, 0.29) is 11.3 Å². The van der Waals surface area contributed by atoms with Crippen LogP contribution in [0.3, 0.4) is 0 Å². The Morgan fingerprint density at radius 1 is 0.968 bits per heavy atom. The van der Waals surface area contributed by atoms with E-state index in [1.165, 1.54) is 12.0 Å². The minimum atomic E-state index is -0.736. The van der Waals surface area contributed by atoms with Crippen LogP contribution in [0.25, 0.3) is 5.76 Å². The van der Waals surface area contributed by atoms with E-state index < -0.39 is 17.7 Å². The highest BCUT2D eigenvalue weighted by Gasteiger charge is 2.46. The monoisotopic (exact) mass is 413 g/mol. The summed E-state index contributed by atoms with van der Waals surface area (Å²) in [6.45, 7) is 2.05. The number of Topliss-reactive ketones (excluding diaryl/α,β-unsaturated/α-hetero) is 1. The largest absolute Gasteiger partial charge is 0.507 e. The second-order valence-electron chi connectivity index (χ2n) is 7.33. The summed E-state index contributed by atoms with van der Waals surface area (Å²) >= 11 is 0. The first-order chi connectivity index (χ1) is 15.0. The minimum Gasteiger partial charge on any atom is -0.507 e. The topological polar surface area (TPSA) is 66.8 Å². The first kappa shape index (κ1) is 20.4. The first-order valence-electron chi connectivity index (χ1n) is 10.1. The number of aliphatic hydroxyl groups excluding tert-OH is 1. The van der Waals surface area contributed by atoms with Crippen LogP contribution in [-0.2, 0) is 16.0 Å². The van der Waals surface area contributed by atoms with Crippen molar-refractivity contribution < 1.29 is 19.4 Å². The molecule has 1 saturated heterocycles. The Hall–Kier alpha value is -3.86. The van der Waals surface area contributed by atoms with Gasteiger partial charge in [-0.1, -0.05) is 61.5 Å². The lowest BCUT2D eigenvalue weighted by atomic mass is 9.95. The summed E-state index contributed by atoms with van der Waals surface area (Å²) in [5.74, 6) is -1.06. The van der Waals surface area contributed by atoms with Crippen molar-refractivity contribution in [1.29, 1.82) is 0 Å². The van der Waals surface area contributed by atoms with Gasteiger partial charge in [0.05, 0.1) is 18.7 Å². The number of ketones is 1. The number of methoxy groups -OCH3 is 1. The molecule has 0 saturated carbocycles. The minimum absolute atomic E-state index is 0.0593. The Morgan fingerprint density at radius 2 is 1.68 bits per heavy atom. The van der Waals surface area contributed by atoms with Crippen molar-refractivity contribution in [1.82, 2.24) is 0 Å². The molecule has 1 N–H and O–H groups in total. The van der Waals surface area contributed by atoms with Crippen LogP contribution in [0, 0.1) is 0 Å². The number of rotatable bonds is 5. The maximum atomic E-state index is 13.1. The second-order valence-corrected chi connectivity index (χ2v) is 7.33.